The van der Waals surface area contributed by atoms with Crippen LogP contribution in [0.25, 0.3) is 0 Å². The predicted octanol–water partition coefficient (Wildman–Crippen LogP) is 2.38. The number of hydrogen-bond donors (Lipinski definition) is 0. The fourth-order valence-electron chi connectivity index (χ4n) is 3.52. The summed E-state index contributed by atoms with van der Waals surface area (Å²) in [5.74, 6) is 0.376. The smallest absolute Gasteiger partial charge is 0.228 e. The third kappa shape index (κ3) is 3.27. The Bertz CT molecular complexity index is 530. The van der Waals surface area contributed by atoms with Gasteiger partial charge >= 0.3 is 0 Å². The van der Waals surface area contributed by atoms with Crippen molar-refractivity contribution in [3.8, 4) is 0 Å². The summed E-state index contributed by atoms with van der Waals surface area (Å²) in [6.45, 7) is 9.19. The molecule has 120 valence electrons. The lowest BCUT2D eigenvalue weighted by atomic mass is 10.00. The summed E-state index contributed by atoms with van der Waals surface area (Å²) in [6.07, 6.45) is 2.00. The predicted molar refractivity (Wildman–Crippen MR) is 88.3 cm³/mol. The highest BCUT2D eigenvalue weighted by atomic mass is 16.5. The standard InChI is InChI=1S/C18H26N2O2/c1-14-5-6-17(15(2)12-14)19-7-9-20(10-8-19)18(21)16-4-3-11-22-13-16/h5-6,12,16H,3-4,7-11,13H2,1-2H3. The Balaban J connectivity index is 1.59. The number of rotatable bonds is 2. The summed E-state index contributed by atoms with van der Waals surface area (Å²) in [7, 11) is 0. The van der Waals surface area contributed by atoms with Gasteiger partial charge in [0.05, 0.1) is 12.5 Å². The minimum atomic E-state index is 0.0846. The fourth-order valence-corrected chi connectivity index (χ4v) is 3.52. The number of nitrogens with zero attached hydrogens (tertiary/aromatic N) is 2. The molecule has 4 nitrogen and oxygen atoms in total. The van der Waals surface area contributed by atoms with Crippen molar-refractivity contribution in [2.45, 2.75) is 26.7 Å². The molecule has 22 heavy (non-hydrogen) atoms. The second-order valence-electron chi connectivity index (χ2n) is 6.52. The number of piperazine rings is 1. The normalized spacial score (nSPS) is 22.7. The first-order chi connectivity index (χ1) is 10.6. The maximum Gasteiger partial charge on any atom is 0.228 e. The Hall–Kier alpha value is -1.55. The molecular weight excluding hydrogens is 276 g/mol. The molecule has 1 aromatic rings. The van der Waals surface area contributed by atoms with E-state index in [9.17, 15) is 4.79 Å². The highest BCUT2D eigenvalue weighted by molar-refractivity contribution is 5.79. The van der Waals surface area contributed by atoms with E-state index in [-0.39, 0.29) is 5.92 Å². The first kappa shape index (κ1) is 15.3. The quantitative estimate of drug-likeness (QED) is 0.841. The van der Waals surface area contributed by atoms with Crippen LogP contribution in [0.1, 0.15) is 24.0 Å². The molecule has 2 saturated heterocycles. The zero-order valence-corrected chi connectivity index (χ0v) is 13.7. The van der Waals surface area contributed by atoms with E-state index in [0.717, 1.165) is 45.6 Å². The van der Waals surface area contributed by atoms with Gasteiger partial charge in [0.15, 0.2) is 0 Å². The van der Waals surface area contributed by atoms with Crippen LogP contribution in [0.3, 0.4) is 0 Å². The summed E-state index contributed by atoms with van der Waals surface area (Å²) < 4.78 is 5.45. The third-order valence-corrected chi connectivity index (χ3v) is 4.79. The number of amides is 1. The fraction of sp³-hybridized carbons (Fsp3) is 0.611. The van der Waals surface area contributed by atoms with Crippen molar-refractivity contribution in [1.29, 1.82) is 0 Å². The van der Waals surface area contributed by atoms with Gasteiger partial charge in [0.25, 0.3) is 0 Å². The van der Waals surface area contributed by atoms with Crippen molar-refractivity contribution in [2.75, 3.05) is 44.3 Å². The lowest BCUT2D eigenvalue weighted by Crippen LogP contribution is -2.51. The van der Waals surface area contributed by atoms with Crippen LogP contribution in [-0.4, -0.2) is 50.2 Å². The summed E-state index contributed by atoms with van der Waals surface area (Å²) >= 11 is 0. The summed E-state index contributed by atoms with van der Waals surface area (Å²) in [5.41, 5.74) is 3.92. The van der Waals surface area contributed by atoms with Gasteiger partial charge in [0.1, 0.15) is 0 Å². The first-order valence-electron chi connectivity index (χ1n) is 8.34. The van der Waals surface area contributed by atoms with Gasteiger partial charge in [-0.25, -0.2) is 0 Å². The van der Waals surface area contributed by atoms with Gasteiger partial charge in [-0.05, 0) is 38.3 Å². The van der Waals surface area contributed by atoms with Crippen LogP contribution in [-0.2, 0) is 9.53 Å². The molecule has 4 heteroatoms. The molecule has 1 amide bonds. The Morgan fingerprint density at radius 3 is 2.59 bits per heavy atom. The molecule has 0 spiro atoms. The van der Waals surface area contributed by atoms with E-state index in [4.69, 9.17) is 4.74 Å². The number of hydrogen-bond acceptors (Lipinski definition) is 3. The zero-order valence-electron chi connectivity index (χ0n) is 13.7. The molecular formula is C18H26N2O2. The topological polar surface area (TPSA) is 32.8 Å². The number of carbonyl (C=O) groups excluding carboxylic acids is 1. The Morgan fingerprint density at radius 2 is 1.95 bits per heavy atom. The molecule has 1 unspecified atom stereocenters. The highest BCUT2D eigenvalue weighted by Gasteiger charge is 2.29. The van der Waals surface area contributed by atoms with E-state index in [1.807, 2.05) is 4.90 Å². The Kier molecular flexibility index (Phi) is 4.67. The monoisotopic (exact) mass is 302 g/mol. The van der Waals surface area contributed by atoms with Crippen LogP contribution in [0.15, 0.2) is 18.2 Å². The van der Waals surface area contributed by atoms with Crippen molar-refractivity contribution < 1.29 is 9.53 Å². The van der Waals surface area contributed by atoms with E-state index >= 15 is 0 Å². The van der Waals surface area contributed by atoms with E-state index in [1.54, 1.807) is 0 Å². The largest absolute Gasteiger partial charge is 0.381 e. The molecule has 1 aromatic carbocycles. The molecule has 0 radical (unpaired) electrons. The number of carbonyl (C=O) groups is 1. The molecule has 2 aliphatic rings. The van der Waals surface area contributed by atoms with Crippen molar-refractivity contribution in [2.24, 2.45) is 5.92 Å². The minimum Gasteiger partial charge on any atom is -0.381 e. The molecule has 0 saturated carbocycles. The summed E-state index contributed by atoms with van der Waals surface area (Å²) in [5, 5.41) is 0. The van der Waals surface area contributed by atoms with Gasteiger partial charge in [0.2, 0.25) is 5.91 Å². The number of ether oxygens (including phenoxy) is 1. The van der Waals surface area contributed by atoms with E-state index in [0.29, 0.717) is 12.5 Å². The van der Waals surface area contributed by atoms with E-state index < -0.39 is 0 Å². The summed E-state index contributed by atoms with van der Waals surface area (Å²) in [4.78, 5) is 17.0. The van der Waals surface area contributed by atoms with Crippen molar-refractivity contribution in [3.63, 3.8) is 0 Å². The molecule has 0 aromatic heterocycles. The number of anilines is 1. The number of benzene rings is 1. The SMILES string of the molecule is Cc1ccc(N2CCN(C(=O)C3CCCOC3)CC2)c(C)c1. The molecule has 2 heterocycles. The molecule has 0 bridgehead atoms. The first-order valence-corrected chi connectivity index (χ1v) is 8.34. The Morgan fingerprint density at radius 1 is 1.18 bits per heavy atom. The van der Waals surface area contributed by atoms with Crippen LogP contribution in [0.4, 0.5) is 5.69 Å². The maximum absolute atomic E-state index is 12.5. The molecule has 2 fully saturated rings. The van der Waals surface area contributed by atoms with Crippen LogP contribution in [0.2, 0.25) is 0 Å². The minimum absolute atomic E-state index is 0.0846. The van der Waals surface area contributed by atoms with Crippen LogP contribution < -0.4 is 4.90 Å². The van der Waals surface area contributed by atoms with Gasteiger partial charge in [0, 0.05) is 38.5 Å². The second kappa shape index (κ2) is 6.69. The average molecular weight is 302 g/mol. The lowest BCUT2D eigenvalue weighted by molar-refractivity contribution is -0.140. The van der Waals surface area contributed by atoms with Crippen LogP contribution in [0.5, 0.6) is 0 Å². The van der Waals surface area contributed by atoms with Gasteiger partial charge in [-0.1, -0.05) is 17.7 Å². The van der Waals surface area contributed by atoms with Crippen LogP contribution in [0, 0.1) is 19.8 Å². The van der Waals surface area contributed by atoms with Crippen molar-refractivity contribution in [3.05, 3.63) is 29.3 Å². The highest BCUT2D eigenvalue weighted by Crippen LogP contribution is 2.23. The second-order valence-corrected chi connectivity index (χ2v) is 6.52. The van der Waals surface area contributed by atoms with Crippen molar-refractivity contribution >= 4 is 11.6 Å². The molecule has 2 aliphatic heterocycles. The van der Waals surface area contributed by atoms with E-state index in [2.05, 4.69) is 36.9 Å². The lowest BCUT2D eigenvalue weighted by Gasteiger charge is -2.38. The van der Waals surface area contributed by atoms with Crippen LogP contribution >= 0.6 is 0 Å². The van der Waals surface area contributed by atoms with Gasteiger partial charge < -0.3 is 14.5 Å². The average Bonchev–Trinajstić information content (AvgIpc) is 2.55. The van der Waals surface area contributed by atoms with Gasteiger partial charge in [-0.3, -0.25) is 4.79 Å². The maximum atomic E-state index is 12.5. The number of aryl methyl sites for hydroxylation is 2. The molecule has 3 rings (SSSR count). The molecule has 0 aliphatic carbocycles. The third-order valence-electron chi connectivity index (χ3n) is 4.79. The van der Waals surface area contributed by atoms with E-state index in [1.165, 1.54) is 16.8 Å². The van der Waals surface area contributed by atoms with Gasteiger partial charge in [-0.2, -0.15) is 0 Å². The molecule has 0 N–H and O–H groups in total. The Labute approximate surface area is 133 Å². The molecule has 1 atom stereocenters. The van der Waals surface area contributed by atoms with Crippen molar-refractivity contribution in [1.82, 2.24) is 4.90 Å². The van der Waals surface area contributed by atoms with Gasteiger partial charge in [-0.15, -0.1) is 0 Å². The summed E-state index contributed by atoms with van der Waals surface area (Å²) in [6, 6.07) is 6.60. The zero-order chi connectivity index (χ0) is 15.5.